The van der Waals surface area contributed by atoms with Crippen molar-refractivity contribution >= 4 is 22.6 Å². The third-order valence-corrected chi connectivity index (χ3v) is 3.27. The molecule has 0 aliphatic heterocycles. The minimum atomic E-state index is 0.958. The van der Waals surface area contributed by atoms with Crippen molar-refractivity contribution in [1.29, 1.82) is 0 Å². The number of aryl methyl sites for hydroxylation is 2. The van der Waals surface area contributed by atoms with Gasteiger partial charge in [-0.25, -0.2) is 0 Å². The van der Waals surface area contributed by atoms with E-state index in [4.69, 9.17) is 0 Å². The van der Waals surface area contributed by atoms with Crippen LogP contribution in [0.15, 0.2) is 30.5 Å². The van der Waals surface area contributed by atoms with Crippen LogP contribution < -0.4 is 0 Å². The van der Waals surface area contributed by atoms with Crippen LogP contribution in [-0.2, 0) is 13.5 Å². The number of halogens is 1. The van der Waals surface area contributed by atoms with Crippen molar-refractivity contribution in [1.82, 2.24) is 9.78 Å². The van der Waals surface area contributed by atoms with E-state index >= 15 is 0 Å². The molecule has 0 atom stereocenters. The van der Waals surface area contributed by atoms with E-state index in [1.54, 1.807) is 0 Å². The largest absolute Gasteiger partial charge is 0.272 e. The maximum Gasteiger partial charge on any atom is 0.0521 e. The van der Waals surface area contributed by atoms with Gasteiger partial charge in [-0.3, -0.25) is 4.68 Å². The summed E-state index contributed by atoms with van der Waals surface area (Å²) in [4.78, 5) is 0. The first-order chi connectivity index (χ1) is 7.16. The van der Waals surface area contributed by atoms with Crippen LogP contribution in [0.2, 0.25) is 0 Å². The van der Waals surface area contributed by atoms with Gasteiger partial charge in [0, 0.05) is 22.7 Å². The van der Waals surface area contributed by atoms with Crippen LogP contribution in [0.1, 0.15) is 16.8 Å². The molecule has 0 radical (unpaired) electrons. The normalized spacial score (nSPS) is 10.6. The summed E-state index contributed by atoms with van der Waals surface area (Å²) in [5.41, 5.74) is 3.88. The van der Waals surface area contributed by atoms with E-state index < -0.39 is 0 Å². The molecular weight excluding hydrogens is 299 g/mol. The van der Waals surface area contributed by atoms with Crippen LogP contribution in [-0.4, -0.2) is 9.78 Å². The summed E-state index contributed by atoms with van der Waals surface area (Å²) in [5, 5.41) is 4.25. The lowest BCUT2D eigenvalue weighted by Crippen LogP contribution is -2.00. The molecule has 1 aromatic heterocycles. The lowest BCUT2D eigenvalue weighted by Gasteiger charge is -2.04. The minimum Gasteiger partial charge on any atom is -0.272 e. The van der Waals surface area contributed by atoms with E-state index in [2.05, 4.69) is 58.9 Å². The standard InChI is InChI=1S/C12H13IN2/c1-9-8-14-15(2)12(9)7-10-3-5-11(13)6-4-10/h3-6,8H,7H2,1-2H3. The van der Waals surface area contributed by atoms with E-state index in [0.29, 0.717) is 0 Å². The van der Waals surface area contributed by atoms with Gasteiger partial charge in [0.05, 0.1) is 6.20 Å². The van der Waals surface area contributed by atoms with Gasteiger partial charge in [0.25, 0.3) is 0 Å². The molecule has 2 aromatic rings. The topological polar surface area (TPSA) is 17.8 Å². The lowest BCUT2D eigenvalue weighted by molar-refractivity contribution is 0.723. The van der Waals surface area contributed by atoms with Gasteiger partial charge in [-0.15, -0.1) is 0 Å². The predicted molar refractivity (Wildman–Crippen MR) is 69.9 cm³/mol. The summed E-state index contributed by atoms with van der Waals surface area (Å²) < 4.78 is 3.23. The Hall–Kier alpha value is -0.840. The molecule has 0 spiro atoms. The van der Waals surface area contributed by atoms with Crippen LogP contribution in [0.5, 0.6) is 0 Å². The molecule has 0 saturated heterocycles. The molecule has 0 unspecified atom stereocenters. The molecule has 1 aromatic carbocycles. The molecule has 0 saturated carbocycles. The van der Waals surface area contributed by atoms with Crippen molar-refractivity contribution in [2.75, 3.05) is 0 Å². The smallest absolute Gasteiger partial charge is 0.0521 e. The van der Waals surface area contributed by atoms with Crippen molar-refractivity contribution in [2.45, 2.75) is 13.3 Å². The number of aromatic nitrogens is 2. The SMILES string of the molecule is Cc1cnn(C)c1Cc1ccc(I)cc1. The first kappa shape index (κ1) is 10.7. The molecule has 0 aliphatic rings. The Morgan fingerprint density at radius 3 is 2.47 bits per heavy atom. The van der Waals surface area contributed by atoms with Crippen LogP contribution in [0.25, 0.3) is 0 Å². The summed E-state index contributed by atoms with van der Waals surface area (Å²) in [7, 11) is 2.00. The van der Waals surface area contributed by atoms with Crippen molar-refractivity contribution in [3.8, 4) is 0 Å². The quantitative estimate of drug-likeness (QED) is 0.780. The van der Waals surface area contributed by atoms with E-state index in [1.165, 1.54) is 20.4 Å². The average Bonchev–Trinajstić information content (AvgIpc) is 2.53. The number of hydrogen-bond acceptors (Lipinski definition) is 1. The van der Waals surface area contributed by atoms with Crippen molar-refractivity contribution in [3.05, 3.63) is 50.9 Å². The van der Waals surface area contributed by atoms with Gasteiger partial charge in [0.2, 0.25) is 0 Å². The van der Waals surface area contributed by atoms with Crippen LogP contribution >= 0.6 is 22.6 Å². The highest BCUT2D eigenvalue weighted by Gasteiger charge is 2.04. The molecule has 0 amide bonds. The Bertz CT molecular complexity index is 437. The monoisotopic (exact) mass is 312 g/mol. The molecule has 2 rings (SSSR count). The summed E-state index contributed by atoms with van der Waals surface area (Å²) in [6.45, 7) is 2.11. The predicted octanol–water partition coefficient (Wildman–Crippen LogP) is 2.92. The fourth-order valence-corrected chi connectivity index (χ4v) is 1.98. The van der Waals surface area contributed by atoms with Gasteiger partial charge >= 0.3 is 0 Å². The summed E-state index contributed by atoms with van der Waals surface area (Å²) in [5.74, 6) is 0. The zero-order valence-electron chi connectivity index (χ0n) is 8.87. The van der Waals surface area contributed by atoms with E-state index in [1.807, 2.05) is 17.9 Å². The molecule has 0 aliphatic carbocycles. The van der Waals surface area contributed by atoms with Crippen molar-refractivity contribution in [3.63, 3.8) is 0 Å². The first-order valence-corrected chi connectivity index (χ1v) is 5.96. The maximum atomic E-state index is 4.25. The highest BCUT2D eigenvalue weighted by Crippen LogP contribution is 2.14. The summed E-state index contributed by atoms with van der Waals surface area (Å²) in [6.07, 6.45) is 2.88. The summed E-state index contributed by atoms with van der Waals surface area (Å²) >= 11 is 2.32. The third-order valence-electron chi connectivity index (χ3n) is 2.56. The molecule has 3 heteroatoms. The molecule has 15 heavy (non-hydrogen) atoms. The molecule has 0 bridgehead atoms. The second kappa shape index (κ2) is 4.35. The second-order valence-corrected chi connectivity index (χ2v) is 4.95. The minimum absolute atomic E-state index is 0.958. The van der Waals surface area contributed by atoms with Crippen molar-refractivity contribution < 1.29 is 0 Å². The van der Waals surface area contributed by atoms with Gasteiger partial charge in [0.1, 0.15) is 0 Å². The zero-order valence-corrected chi connectivity index (χ0v) is 11.0. The number of benzene rings is 1. The van der Waals surface area contributed by atoms with Gasteiger partial charge in [-0.2, -0.15) is 5.10 Å². The Morgan fingerprint density at radius 2 is 1.93 bits per heavy atom. The van der Waals surface area contributed by atoms with Crippen LogP contribution in [0.3, 0.4) is 0 Å². The first-order valence-electron chi connectivity index (χ1n) is 4.89. The van der Waals surface area contributed by atoms with E-state index in [-0.39, 0.29) is 0 Å². The highest BCUT2D eigenvalue weighted by atomic mass is 127. The van der Waals surface area contributed by atoms with Crippen LogP contribution in [0.4, 0.5) is 0 Å². The lowest BCUT2D eigenvalue weighted by atomic mass is 10.1. The maximum absolute atomic E-state index is 4.25. The molecule has 0 fully saturated rings. The average molecular weight is 312 g/mol. The Labute approximate surface area is 103 Å². The van der Waals surface area contributed by atoms with Crippen LogP contribution in [0, 0.1) is 10.5 Å². The zero-order chi connectivity index (χ0) is 10.8. The summed E-state index contributed by atoms with van der Waals surface area (Å²) in [6, 6.07) is 8.63. The number of hydrogen-bond donors (Lipinski definition) is 0. The third kappa shape index (κ3) is 2.40. The number of rotatable bonds is 2. The second-order valence-electron chi connectivity index (χ2n) is 3.70. The highest BCUT2D eigenvalue weighted by molar-refractivity contribution is 14.1. The fraction of sp³-hybridized carbons (Fsp3) is 0.250. The Kier molecular flexibility index (Phi) is 3.09. The van der Waals surface area contributed by atoms with Gasteiger partial charge in [-0.1, -0.05) is 12.1 Å². The fourth-order valence-electron chi connectivity index (χ4n) is 1.62. The molecule has 2 nitrogen and oxygen atoms in total. The molecule has 78 valence electrons. The van der Waals surface area contributed by atoms with Crippen molar-refractivity contribution in [2.24, 2.45) is 7.05 Å². The van der Waals surface area contributed by atoms with Gasteiger partial charge < -0.3 is 0 Å². The molecular formula is C12H13IN2. The van der Waals surface area contributed by atoms with E-state index in [0.717, 1.165) is 6.42 Å². The van der Waals surface area contributed by atoms with Gasteiger partial charge in [0.15, 0.2) is 0 Å². The van der Waals surface area contributed by atoms with Gasteiger partial charge in [-0.05, 0) is 52.8 Å². The molecule has 0 N–H and O–H groups in total. The Morgan fingerprint density at radius 1 is 1.27 bits per heavy atom. The number of nitrogens with zero attached hydrogens (tertiary/aromatic N) is 2. The molecule has 1 heterocycles. The van der Waals surface area contributed by atoms with E-state index in [9.17, 15) is 0 Å². The Balaban J connectivity index is 2.25.